The highest BCUT2D eigenvalue weighted by Crippen LogP contribution is 2.32. The Morgan fingerprint density at radius 1 is 1.48 bits per heavy atom. The Hall–Kier alpha value is -3.09. The number of carbonyl (C=O) groups is 1. The van der Waals surface area contributed by atoms with Crippen molar-refractivity contribution in [2.75, 3.05) is 5.43 Å². The first-order valence-corrected chi connectivity index (χ1v) is 5.20. The van der Waals surface area contributed by atoms with Gasteiger partial charge in [-0.3, -0.25) is 15.6 Å². The maximum absolute atomic E-state index is 12.5. The number of alkyl halides is 3. The van der Waals surface area contributed by atoms with Gasteiger partial charge in [-0.25, -0.2) is 0 Å². The van der Waals surface area contributed by atoms with Crippen LogP contribution in [0.2, 0.25) is 0 Å². The SMILES string of the molecule is N#C/C(=N\Nc1cccc(O)c1C(=O)C(F)(F)F)C(=N)N. The van der Waals surface area contributed by atoms with E-state index in [0.717, 1.165) is 12.1 Å². The number of nitrogens with one attached hydrogen (secondary N) is 2. The van der Waals surface area contributed by atoms with Crippen molar-refractivity contribution in [2.24, 2.45) is 10.8 Å². The first-order valence-electron chi connectivity index (χ1n) is 5.20. The highest BCUT2D eigenvalue weighted by atomic mass is 19.4. The maximum Gasteiger partial charge on any atom is 0.455 e. The molecule has 0 radical (unpaired) electrons. The molecule has 0 aromatic heterocycles. The molecule has 0 saturated heterocycles. The maximum atomic E-state index is 12.5. The lowest BCUT2D eigenvalue weighted by molar-refractivity contribution is -0.0886. The molecule has 7 nitrogen and oxygen atoms in total. The fourth-order valence-electron chi connectivity index (χ4n) is 1.28. The van der Waals surface area contributed by atoms with Crippen molar-refractivity contribution in [1.29, 1.82) is 10.7 Å². The van der Waals surface area contributed by atoms with E-state index in [1.807, 2.05) is 5.43 Å². The molecule has 0 unspecified atom stereocenters. The molecule has 21 heavy (non-hydrogen) atoms. The molecular formula is C11H8F3N5O2. The van der Waals surface area contributed by atoms with Gasteiger partial charge < -0.3 is 10.8 Å². The van der Waals surface area contributed by atoms with Gasteiger partial charge in [0.1, 0.15) is 11.8 Å². The molecule has 0 heterocycles. The summed E-state index contributed by atoms with van der Waals surface area (Å²) in [5, 5.41) is 28.3. The average Bonchev–Trinajstić information content (AvgIpc) is 2.37. The summed E-state index contributed by atoms with van der Waals surface area (Å²) in [6.07, 6.45) is -5.20. The van der Waals surface area contributed by atoms with E-state index in [9.17, 15) is 23.1 Å². The first-order chi connectivity index (χ1) is 9.68. The lowest BCUT2D eigenvalue weighted by Gasteiger charge is -2.11. The predicted molar refractivity (Wildman–Crippen MR) is 67.1 cm³/mol. The van der Waals surface area contributed by atoms with E-state index in [1.165, 1.54) is 12.1 Å². The van der Waals surface area contributed by atoms with E-state index >= 15 is 0 Å². The zero-order chi connectivity index (χ0) is 16.2. The fourth-order valence-corrected chi connectivity index (χ4v) is 1.28. The zero-order valence-corrected chi connectivity index (χ0v) is 10.2. The van der Waals surface area contributed by atoms with Crippen molar-refractivity contribution in [3.63, 3.8) is 0 Å². The topological polar surface area (TPSA) is 135 Å². The van der Waals surface area contributed by atoms with Crippen molar-refractivity contribution < 1.29 is 23.1 Å². The molecule has 0 saturated carbocycles. The number of anilines is 1. The van der Waals surface area contributed by atoms with Gasteiger partial charge in [0.2, 0.25) is 5.71 Å². The summed E-state index contributed by atoms with van der Waals surface area (Å²) in [6, 6.07) is 4.53. The Balaban J connectivity index is 3.28. The largest absolute Gasteiger partial charge is 0.507 e. The van der Waals surface area contributed by atoms with Crippen LogP contribution >= 0.6 is 0 Å². The number of ketones is 1. The van der Waals surface area contributed by atoms with Crippen LogP contribution in [0.3, 0.4) is 0 Å². The number of amidine groups is 1. The van der Waals surface area contributed by atoms with Gasteiger partial charge >= 0.3 is 6.18 Å². The van der Waals surface area contributed by atoms with E-state index in [4.69, 9.17) is 16.4 Å². The molecule has 110 valence electrons. The Morgan fingerprint density at radius 2 is 2.10 bits per heavy atom. The van der Waals surface area contributed by atoms with Crippen molar-refractivity contribution in [3.05, 3.63) is 23.8 Å². The molecule has 0 aliphatic heterocycles. The van der Waals surface area contributed by atoms with Crippen LogP contribution in [0.1, 0.15) is 10.4 Å². The molecule has 0 fully saturated rings. The summed E-state index contributed by atoms with van der Waals surface area (Å²) >= 11 is 0. The number of benzene rings is 1. The number of nitrogens with two attached hydrogens (primary N) is 1. The minimum absolute atomic E-state index is 0.480. The molecular weight excluding hydrogens is 291 g/mol. The van der Waals surface area contributed by atoms with Crippen LogP contribution in [0.25, 0.3) is 0 Å². The van der Waals surface area contributed by atoms with Crippen molar-refractivity contribution in [2.45, 2.75) is 6.18 Å². The van der Waals surface area contributed by atoms with Gasteiger partial charge in [-0.05, 0) is 12.1 Å². The van der Waals surface area contributed by atoms with Crippen LogP contribution in [-0.2, 0) is 0 Å². The third kappa shape index (κ3) is 3.69. The Morgan fingerprint density at radius 3 is 2.57 bits per heavy atom. The third-order valence-electron chi connectivity index (χ3n) is 2.18. The van der Waals surface area contributed by atoms with Gasteiger partial charge in [-0.2, -0.15) is 23.5 Å². The number of nitriles is 1. The number of nitrogens with zero attached hydrogens (tertiary/aromatic N) is 2. The highest BCUT2D eigenvalue weighted by molar-refractivity contribution is 6.45. The number of rotatable bonds is 4. The van der Waals surface area contributed by atoms with Crippen LogP contribution in [0, 0.1) is 16.7 Å². The van der Waals surface area contributed by atoms with Gasteiger partial charge in [-0.15, -0.1) is 0 Å². The monoisotopic (exact) mass is 299 g/mol. The number of halogens is 3. The summed E-state index contributed by atoms with van der Waals surface area (Å²) in [4.78, 5) is 11.3. The number of hydrazone groups is 1. The average molecular weight is 299 g/mol. The molecule has 0 amide bonds. The number of hydrogen-bond donors (Lipinski definition) is 4. The van der Waals surface area contributed by atoms with E-state index in [0.29, 0.717) is 0 Å². The summed E-state index contributed by atoms with van der Waals surface area (Å²) < 4.78 is 37.4. The molecule has 0 bridgehead atoms. The summed E-state index contributed by atoms with van der Waals surface area (Å²) in [5.41, 5.74) is 4.88. The molecule has 5 N–H and O–H groups in total. The van der Waals surface area contributed by atoms with E-state index in [1.54, 1.807) is 0 Å². The second-order valence-electron chi connectivity index (χ2n) is 3.62. The molecule has 1 rings (SSSR count). The molecule has 0 aliphatic carbocycles. The fraction of sp³-hybridized carbons (Fsp3) is 0.0909. The van der Waals surface area contributed by atoms with Crippen LogP contribution in [0.4, 0.5) is 18.9 Å². The number of phenols is 1. The van der Waals surface area contributed by atoms with E-state index in [-0.39, 0.29) is 0 Å². The van der Waals surface area contributed by atoms with Crippen LogP contribution in [0.15, 0.2) is 23.3 Å². The lowest BCUT2D eigenvalue weighted by atomic mass is 10.1. The zero-order valence-electron chi connectivity index (χ0n) is 10.2. The number of aromatic hydroxyl groups is 1. The number of phenolic OH excluding ortho intramolecular Hbond substituents is 1. The Kier molecular flexibility index (Phi) is 4.49. The van der Waals surface area contributed by atoms with Crippen molar-refractivity contribution in [3.8, 4) is 11.8 Å². The van der Waals surface area contributed by atoms with E-state index in [2.05, 4.69) is 5.10 Å². The number of hydrogen-bond acceptors (Lipinski definition) is 6. The normalized spacial score (nSPS) is 11.6. The van der Waals surface area contributed by atoms with Gasteiger partial charge in [0.15, 0.2) is 5.84 Å². The van der Waals surface area contributed by atoms with Crippen LogP contribution < -0.4 is 11.2 Å². The summed E-state index contributed by atoms with van der Waals surface area (Å²) in [7, 11) is 0. The van der Waals surface area contributed by atoms with Crippen molar-refractivity contribution >= 4 is 23.0 Å². The predicted octanol–water partition coefficient (Wildman–Crippen LogP) is 1.36. The van der Waals surface area contributed by atoms with Gasteiger partial charge in [0, 0.05) is 0 Å². The molecule has 1 aromatic rings. The quantitative estimate of drug-likeness (QED) is 0.288. The molecule has 0 aliphatic rings. The lowest BCUT2D eigenvalue weighted by Crippen LogP contribution is -2.24. The summed E-state index contributed by atoms with van der Waals surface area (Å²) in [5.74, 6) is -3.90. The van der Waals surface area contributed by atoms with Crippen LogP contribution in [0.5, 0.6) is 5.75 Å². The second kappa shape index (κ2) is 5.91. The standard InChI is InChI=1S/C11H8F3N5O2/c12-11(13,14)9(21)8-5(2-1-3-7(8)20)18-19-6(4-15)10(16)17/h1-3,18,20H,(H3,16,17)/b19-6+. The molecule has 0 spiro atoms. The smallest absolute Gasteiger partial charge is 0.455 e. The molecule has 0 atom stereocenters. The van der Waals surface area contributed by atoms with Gasteiger partial charge in [0.05, 0.1) is 11.3 Å². The number of Topliss-reactive ketones (excluding diaryl/α,β-unsaturated/α-hetero) is 1. The minimum atomic E-state index is -5.20. The molecule has 1 aromatic carbocycles. The molecule has 10 heteroatoms. The Labute approximate surface area is 116 Å². The summed E-state index contributed by atoms with van der Waals surface area (Å²) in [6.45, 7) is 0. The highest BCUT2D eigenvalue weighted by Gasteiger charge is 2.42. The first kappa shape index (κ1) is 16.0. The Bertz CT molecular complexity index is 661. The van der Waals surface area contributed by atoms with Gasteiger partial charge in [-0.1, -0.05) is 6.07 Å². The second-order valence-corrected chi connectivity index (χ2v) is 3.62. The van der Waals surface area contributed by atoms with E-state index < -0.39 is 40.5 Å². The number of carbonyl (C=O) groups excluding carboxylic acids is 1. The van der Waals surface area contributed by atoms with Crippen LogP contribution in [-0.4, -0.2) is 28.6 Å². The van der Waals surface area contributed by atoms with Gasteiger partial charge in [0.25, 0.3) is 5.78 Å². The minimum Gasteiger partial charge on any atom is -0.507 e. The van der Waals surface area contributed by atoms with Crippen molar-refractivity contribution in [1.82, 2.24) is 0 Å². The third-order valence-corrected chi connectivity index (χ3v) is 2.18.